The Morgan fingerprint density at radius 2 is 1.65 bits per heavy atom. The van der Waals surface area contributed by atoms with E-state index in [1.54, 1.807) is 0 Å². The van der Waals surface area contributed by atoms with Crippen LogP contribution in [0.5, 0.6) is 0 Å². The summed E-state index contributed by atoms with van der Waals surface area (Å²) >= 11 is 0. The monoisotopic (exact) mass is 536 g/mol. The third kappa shape index (κ3) is 13.5. The maximum absolute atomic E-state index is 13.3. The van der Waals surface area contributed by atoms with Crippen LogP contribution in [0, 0.1) is 0 Å². The number of hydrogen-bond donors (Lipinski definition) is 1. The van der Waals surface area contributed by atoms with Crippen molar-refractivity contribution in [3.05, 3.63) is 35.9 Å². The van der Waals surface area contributed by atoms with Crippen molar-refractivity contribution >= 4 is 20.4 Å². The van der Waals surface area contributed by atoms with Crippen LogP contribution in [-0.4, -0.2) is 63.2 Å². The van der Waals surface area contributed by atoms with Gasteiger partial charge in [0.2, 0.25) is 0 Å². The van der Waals surface area contributed by atoms with Crippen LogP contribution in [0.15, 0.2) is 30.3 Å². The summed E-state index contributed by atoms with van der Waals surface area (Å²) in [6, 6.07) is 9.35. The average Bonchev–Trinajstić information content (AvgIpc) is 2.78. The Bertz CT molecular complexity index is 803. The lowest BCUT2D eigenvalue weighted by Crippen LogP contribution is -2.47. The Morgan fingerprint density at radius 1 is 1.00 bits per heavy atom. The highest BCUT2D eigenvalue weighted by molar-refractivity contribution is 6.74. The van der Waals surface area contributed by atoms with Crippen LogP contribution in [0.25, 0.3) is 0 Å². The number of nitrogens with zero attached hydrogens (tertiary/aromatic N) is 1. The molecule has 1 aromatic rings. The normalized spacial score (nSPS) is 13.4. The van der Waals surface area contributed by atoms with Crippen molar-refractivity contribution in [2.75, 3.05) is 26.2 Å². The highest BCUT2D eigenvalue weighted by Crippen LogP contribution is 2.36. The highest BCUT2D eigenvalue weighted by Gasteiger charge is 2.37. The molecule has 0 aliphatic heterocycles. The van der Waals surface area contributed by atoms with Gasteiger partial charge in [0.25, 0.3) is 0 Å². The first-order valence-corrected chi connectivity index (χ1v) is 16.6. The van der Waals surface area contributed by atoms with Crippen molar-refractivity contribution in [1.82, 2.24) is 10.2 Å². The topological polar surface area (TPSA) is 77.1 Å². The van der Waals surface area contributed by atoms with Crippen molar-refractivity contribution in [3.63, 3.8) is 0 Å². The maximum Gasteiger partial charge on any atom is 0.407 e. The third-order valence-corrected chi connectivity index (χ3v) is 11.2. The Hall–Kier alpha value is -1.90. The van der Waals surface area contributed by atoms with Crippen LogP contribution in [0.1, 0.15) is 79.7 Å². The molecule has 1 atom stereocenters. The van der Waals surface area contributed by atoms with Crippen LogP contribution in [0.4, 0.5) is 4.79 Å². The summed E-state index contributed by atoms with van der Waals surface area (Å²) < 4.78 is 17.5. The zero-order valence-corrected chi connectivity index (χ0v) is 25.8. The number of nitrogens with one attached hydrogen (secondary N) is 1. The molecule has 0 saturated heterocycles. The summed E-state index contributed by atoms with van der Waals surface area (Å²) in [5.74, 6) is -0.222. The number of carbonyl (C=O) groups excluding carboxylic acids is 2. The molecule has 0 spiro atoms. The van der Waals surface area contributed by atoms with Gasteiger partial charge in [0.15, 0.2) is 8.32 Å². The fourth-order valence-electron chi connectivity index (χ4n) is 3.52. The summed E-state index contributed by atoms with van der Waals surface area (Å²) in [5, 5.41) is 2.98. The zero-order valence-electron chi connectivity index (χ0n) is 24.8. The largest absolute Gasteiger partial charge is 0.460 e. The predicted molar refractivity (Wildman–Crippen MR) is 153 cm³/mol. The predicted octanol–water partition coefficient (Wildman–Crippen LogP) is 6.53. The van der Waals surface area contributed by atoms with E-state index in [1.165, 1.54) is 0 Å². The molecule has 0 heterocycles. The number of esters is 1. The molecule has 0 aliphatic carbocycles. The molecule has 0 unspecified atom stereocenters. The number of unbranched alkanes of at least 4 members (excludes halogenated alkanes) is 1. The molecular formula is C29H52N2O5Si. The Balaban J connectivity index is 2.88. The number of amides is 1. The van der Waals surface area contributed by atoms with E-state index in [0.29, 0.717) is 32.7 Å². The molecule has 0 saturated carbocycles. The molecule has 1 aromatic carbocycles. The van der Waals surface area contributed by atoms with Gasteiger partial charge in [0.1, 0.15) is 18.2 Å². The van der Waals surface area contributed by atoms with Crippen molar-refractivity contribution in [3.8, 4) is 0 Å². The minimum atomic E-state index is -1.84. The molecule has 0 fully saturated rings. The lowest BCUT2D eigenvalue weighted by Gasteiger charge is -2.36. The van der Waals surface area contributed by atoms with Gasteiger partial charge in [-0.15, -0.1) is 0 Å². The van der Waals surface area contributed by atoms with E-state index < -0.39 is 20.0 Å². The fraction of sp³-hybridized carbons (Fsp3) is 0.724. The number of alkyl carbamates (subject to hydrolysis) is 1. The lowest BCUT2D eigenvalue weighted by molar-refractivity contribution is -0.152. The van der Waals surface area contributed by atoms with E-state index in [1.807, 2.05) is 51.1 Å². The van der Waals surface area contributed by atoms with Crippen molar-refractivity contribution < 1.29 is 23.5 Å². The molecule has 1 rings (SSSR count). The summed E-state index contributed by atoms with van der Waals surface area (Å²) in [4.78, 5) is 27.6. The molecule has 212 valence electrons. The molecule has 8 heteroatoms. The number of carbonyl (C=O) groups is 2. The molecule has 0 bridgehead atoms. The van der Waals surface area contributed by atoms with Gasteiger partial charge in [-0.3, -0.25) is 9.69 Å². The zero-order chi connectivity index (χ0) is 28.1. The van der Waals surface area contributed by atoms with E-state index in [-0.39, 0.29) is 23.7 Å². The van der Waals surface area contributed by atoms with Gasteiger partial charge >= 0.3 is 12.1 Å². The smallest absolute Gasteiger partial charge is 0.407 e. The quantitative estimate of drug-likeness (QED) is 0.156. The summed E-state index contributed by atoms with van der Waals surface area (Å²) in [7, 11) is -1.84. The molecule has 0 radical (unpaired) electrons. The minimum absolute atomic E-state index is 0.148. The van der Waals surface area contributed by atoms with Crippen LogP contribution >= 0.6 is 0 Å². The third-order valence-electron chi connectivity index (χ3n) is 6.69. The SMILES string of the molecule is CCCC[C@@H](C(=O)OCc1ccccc1)N(CCCO[Si](C)(C)C(C)(C)C)CCNC(=O)OC(C)(C)C. The van der Waals surface area contributed by atoms with Gasteiger partial charge in [0, 0.05) is 26.2 Å². The summed E-state index contributed by atoms with van der Waals surface area (Å²) in [6.07, 6.45) is 2.96. The van der Waals surface area contributed by atoms with Crippen LogP contribution in [0.2, 0.25) is 18.1 Å². The van der Waals surface area contributed by atoms with Gasteiger partial charge in [0.05, 0.1) is 0 Å². The van der Waals surface area contributed by atoms with Crippen molar-refractivity contribution in [2.24, 2.45) is 0 Å². The van der Waals surface area contributed by atoms with Gasteiger partial charge in [-0.05, 0) is 57.3 Å². The number of ether oxygens (including phenoxy) is 2. The van der Waals surface area contributed by atoms with E-state index in [0.717, 1.165) is 24.8 Å². The van der Waals surface area contributed by atoms with Gasteiger partial charge < -0.3 is 19.2 Å². The number of rotatable bonds is 15. The highest BCUT2D eigenvalue weighted by atomic mass is 28.4. The first-order valence-electron chi connectivity index (χ1n) is 13.7. The minimum Gasteiger partial charge on any atom is -0.460 e. The Morgan fingerprint density at radius 3 is 2.22 bits per heavy atom. The molecule has 7 nitrogen and oxygen atoms in total. The first kappa shape index (κ1) is 33.1. The van der Waals surface area contributed by atoms with Crippen LogP contribution in [0.3, 0.4) is 0 Å². The summed E-state index contributed by atoms with van der Waals surface area (Å²) in [5.41, 5.74) is 0.404. The lowest BCUT2D eigenvalue weighted by atomic mass is 10.1. The number of benzene rings is 1. The second-order valence-corrected chi connectivity index (χ2v) is 17.0. The molecular weight excluding hydrogens is 484 g/mol. The fourth-order valence-corrected chi connectivity index (χ4v) is 4.61. The molecule has 1 amide bonds. The second kappa shape index (κ2) is 15.5. The average molecular weight is 537 g/mol. The Labute approximate surface area is 226 Å². The Kier molecular flexibility index (Phi) is 13.9. The maximum atomic E-state index is 13.3. The number of hydrogen-bond acceptors (Lipinski definition) is 6. The van der Waals surface area contributed by atoms with Gasteiger partial charge in [-0.25, -0.2) is 4.79 Å². The van der Waals surface area contributed by atoms with Crippen LogP contribution < -0.4 is 5.32 Å². The molecule has 37 heavy (non-hydrogen) atoms. The molecule has 0 aromatic heterocycles. The van der Waals surface area contributed by atoms with Gasteiger partial charge in [-0.2, -0.15) is 0 Å². The van der Waals surface area contributed by atoms with Crippen molar-refractivity contribution in [1.29, 1.82) is 0 Å². The van der Waals surface area contributed by atoms with Gasteiger partial charge in [-0.1, -0.05) is 70.9 Å². The van der Waals surface area contributed by atoms with E-state index in [9.17, 15) is 9.59 Å². The molecule has 1 N–H and O–H groups in total. The van der Waals surface area contributed by atoms with E-state index >= 15 is 0 Å². The van der Waals surface area contributed by atoms with E-state index in [4.69, 9.17) is 13.9 Å². The second-order valence-electron chi connectivity index (χ2n) is 12.2. The van der Waals surface area contributed by atoms with Crippen LogP contribution in [-0.2, 0) is 25.3 Å². The van der Waals surface area contributed by atoms with E-state index in [2.05, 4.69) is 51.0 Å². The van der Waals surface area contributed by atoms with Crippen molar-refractivity contribution in [2.45, 2.75) is 111 Å². The first-order chi connectivity index (χ1) is 17.2. The standard InChI is InChI=1S/C29H52N2O5Si/c1-10-11-18-25(26(32)34-23-24-16-13-12-14-17-24)31(21-19-30-27(33)36-28(2,3)4)20-15-22-35-37(8,9)29(5,6)7/h12-14,16-17,25H,10-11,15,18-23H2,1-9H3,(H,30,33)/t25-/m0/s1. The summed E-state index contributed by atoms with van der Waals surface area (Å²) in [6.45, 7) is 21.3. The molecule has 0 aliphatic rings.